The molecule has 3 aromatic carbocycles. The molecule has 134 valence electrons. The first-order valence-electron chi connectivity index (χ1n) is 8.31. The molecule has 4 rings (SSSR count). The predicted octanol–water partition coefficient (Wildman–Crippen LogP) is 3.94. The van der Waals surface area contributed by atoms with Crippen molar-refractivity contribution >= 4 is 16.8 Å². The summed E-state index contributed by atoms with van der Waals surface area (Å²) >= 11 is 0. The van der Waals surface area contributed by atoms with Crippen molar-refractivity contribution in [3.63, 3.8) is 0 Å². The van der Waals surface area contributed by atoms with Gasteiger partial charge in [0.05, 0.1) is 17.4 Å². The second-order valence-electron chi connectivity index (χ2n) is 6.36. The highest BCUT2D eigenvalue weighted by molar-refractivity contribution is 5.94. The van der Waals surface area contributed by atoms with Crippen molar-refractivity contribution in [3.05, 3.63) is 77.7 Å². The van der Waals surface area contributed by atoms with E-state index in [1.807, 2.05) is 31.2 Å². The molecule has 0 aliphatic heterocycles. The zero-order chi connectivity index (χ0) is 19.1. The minimum atomic E-state index is -0.674. The van der Waals surface area contributed by atoms with E-state index in [1.54, 1.807) is 29.1 Å². The van der Waals surface area contributed by atoms with E-state index in [0.29, 0.717) is 11.3 Å². The molecule has 0 aliphatic carbocycles. The Kier molecular flexibility index (Phi) is 3.88. The zero-order valence-electron chi connectivity index (χ0n) is 14.5. The van der Waals surface area contributed by atoms with Gasteiger partial charge in [-0.15, -0.1) is 0 Å². The van der Waals surface area contributed by atoms with Crippen molar-refractivity contribution in [1.82, 2.24) is 9.78 Å². The molecule has 0 aliphatic rings. The van der Waals surface area contributed by atoms with E-state index in [4.69, 9.17) is 5.73 Å². The van der Waals surface area contributed by atoms with Gasteiger partial charge in [0.15, 0.2) is 11.6 Å². The Balaban J connectivity index is 1.78. The van der Waals surface area contributed by atoms with Crippen molar-refractivity contribution in [3.8, 4) is 22.6 Å². The number of carbonyl (C=O) groups excluding carboxylic acids is 1. The molecule has 0 radical (unpaired) electrons. The number of phenolic OH excluding ortho intramolecular Hbond substituents is 1. The number of aromatic hydroxyl groups is 1. The van der Waals surface area contributed by atoms with Crippen LogP contribution < -0.4 is 5.73 Å². The number of hydrogen-bond acceptors (Lipinski definition) is 3. The van der Waals surface area contributed by atoms with E-state index < -0.39 is 17.5 Å². The number of hydrogen-bond donors (Lipinski definition) is 2. The number of nitrogens with two attached hydrogens (primary N) is 1. The van der Waals surface area contributed by atoms with E-state index in [2.05, 4.69) is 5.10 Å². The van der Waals surface area contributed by atoms with Gasteiger partial charge in [0.1, 0.15) is 0 Å². The number of rotatable bonds is 3. The van der Waals surface area contributed by atoms with Crippen LogP contribution in [0.3, 0.4) is 0 Å². The van der Waals surface area contributed by atoms with E-state index in [9.17, 15) is 14.3 Å². The van der Waals surface area contributed by atoms with E-state index in [0.717, 1.165) is 27.6 Å². The summed E-state index contributed by atoms with van der Waals surface area (Å²) in [5, 5.41) is 14.9. The Labute approximate surface area is 154 Å². The van der Waals surface area contributed by atoms with Crippen LogP contribution in [0, 0.1) is 12.7 Å². The largest absolute Gasteiger partial charge is 0.505 e. The Hall–Kier alpha value is -3.67. The molecule has 1 aromatic heterocycles. The van der Waals surface area contributed by atoms with E-state index in [1.165, 1.54) is 12.1 Å². The number of fused-ring (bicyclic) bond motifs is 1. The Morgan fingerprint density at radius 3 is 2.63 bits per heavy atom. The van der Waals surface area contributed by atoms with Gasteiger partial charge in [0.2, 0.25) is 5.91 Å². The van der Waals surface area contributed by atoms with Gasteiger partial charge in [0, 0.05) is 17.0 Å². The smallest absolute Gasteiger partial charge is 0.248 e. The van der Waals surface area contributed by atoms with Gasteiger partial charge in [-0.05, 0) is 60.0 Å². The molecule has 0 fully saturated rings. The molecule has 5 nitrogen and oxygen atoms in total. The lowest BCUT2D eigenvalue weighted by molar-refractivity contribution is 0.1000. The van der Waals surface area contributed by atoms with Gasteiger partial charge in [0.25, 0.3) is 0 Å². The third-order valence-corrected chi connectivity index (χ3v) is 4.56. The third kappa shape index (κ3) is 2.91. The van der Waals surface area contributed by atoms with Gasteiger partial charge >= 0.3 is 0 Å². The summed E-state index contributed by atoms with van der Waals surface area (Å²) in [4.78, 5) is 11.3. The second kappa shape index (κ2) is 6.25. The average molecular weight is 361 g/mol. The lowest BCUT2D eigenvalue weighted by atomic mass is 9.97. The van der Waals surface area contributed by atoms with E-state index >= 15 is 0 Å². The number of phenols is 1. The number of benzene rings is 3. The number of halogens is 1. The molecule has 0 unspecified atom stereocenters. The number of nitrogens with zero attached hydrogens (tertiary/aromatic N) is 2. The molecule has 1 amide bonds. The molecule has 6 heteroatoms. The van der Waals surface area contributed by atoms with Gasteiger partial charge in [-0.25, -0.2) is 9.07 Å². The third-order valence-electron chi connectivity index (χ3n) is 4.56. The van der Waals surface area contributed by atoms with E-state index in [-0.39, 0.29) is 0 Å². The summed E-state index contributed by atoms with van der Waals surface area (Å²) in [6.45, 7) is 1.93. The first kappa shape index (κ1) is 16.8. The number of amides is 1. The lowest BCUT2D eigenvalue weighted by Crippen LogP contribution is -2.10. The highest BCUT2D eigenvalue weighted by Gasteiger charge is 2.11. The van der Waals surface area contributed by atoms with Crippen LogP contribution in [0.15, 0.2) is 60.8 Å². The van der Waals surface area contributed by atoms with Crippen LogP contribution >= 0.6 is 0 Å². The minimum Gasteiger partial charge on any atom is -0.505 e. The van der Waals surface area contributed by atoms with Crippen molar-refractivity contribution in [2.45, 2.75) is 6.92 Å². The standard InChI is InChI=1S/C21H16FN3O2/c1-12-8-14(21(23)27)2-5-17(12)13-3-7-19-15(9-13)11-24-25(19)16-4-6-18(22)20(26)10-16/h2-11,26H,1H3,(H2,23,27). The predicted molar refractivity (Wildman–Crippen MR) is 101 cm³/mol. The summed E-state index contributed by atoms with van der Waals surface area (Å²) < 4.78 is 14.9. The van der Waals surface area contributed by atoms with Crippen LogP contribution in [0.5, 0.6) is 5.75 Å². The average Bonchev–Trinajstić information content (AvgIpc) is 3.07. The van der Waals surface area contributed by atoms with Crippen LogP contribution in [-0.4, -0.2) is 20.8 Å². The molecular weight excluding hydrogens is 345 g/mol. The highest BCUT2D eigenvalue weighted by atomic mass is 19.1. The molecule has 27 heavy (non-hydrogen) atoms. The summed E-state index contributed by atoms with van der Waals surface area (Å²) in [5.41, 5.74) is 10.1. The van der Waals surface area contributed by atoms with Crippen LogP contribution in [0.2, 0.25) is 0 Å². The van der Waals surface area contributed by atoms with Crippen LogP contribution in [0.4, 0.5) is 4.39 Å². The molecule has 3 N–H and O–H groups in total. The molecule has 0 saturated carbocycles. The fourth-order valence-electron chi connectivity index (χ4n) is 3.18. The second-order valence-corrected chi connectivity index (χ2v) is 6.36. The summed E-state index contributed by atoms with van der Waals surface area (Å²) in [7, 11) is 0. The lowest BCUT2D eigenvalue weighted by Gasteiger charge is -2.09. The van der Waals surface area contributed by atoms with Crippen LogP contribution in [-0.2, 0) is 0 Å². The maximum Gasteiger partial charge on any atom is 0.248 e. The fraction of sp³-hybridized carbons (Fsp3) is 0.0476. The normalized spacial score (nSPS) is 11.0. The van der Waals surface area contributed by atoms with Gasteiger partial charge < -0.3 is 10.8 Å². The fourth-order valence-corrected chi connectivity index (χ4v) is 3.18. The Morgan fingerprint density at radius 1 is 1.11 bits per heavy atom. The summed E-state index contributed by atoms with van der Waals surface area (Å²) in [5.74, 6) is -1.55. The first-order chi connectivity index (χ1) is 12.9. The van der Waals surface area contributed by atoms with Crippen LogP contribution in [0.1, 0.15) is 15.9 Å². The molecule has 4 aromatic rings. The molecule has 0 saturated heterocycles. The zero-order valence-corrected chi connectivity index (χ0v) is 14.5. The molecule has 0 atom stereocenters. The van der Waals surface area contributed by atoms with Gasteiger partial charge in [-0.3, -0.25) is 4.79 Å². The van der Waals surface area contributed by atoms with Crippen molar-refractivity contribution < 1.29 is 14.3 Å². The SMILES string of the molecule is Cc1cc(C(N)=O)ccc1-c1ccc2c(cnn2-c2ccc(F)c(O)c2)c1. The number of aryl methyl sites for hydroxylation is 1. The quantitative estimate of drug-likeness (QED) is 0.580. The Bertz CT molecular complexity index is 1200. The van der Waals surface area contributed by atoms with Crippen molar-refractivity contribution in [1.29, 1.82) is 0 Å². The molecule has 1 heterocycles. The molecule has 0 bridgehead atoms. The molecular formula is C21H16FN3O2. The van der Waals surface area contributed by atoms with Crippen LogP contribution in [0.25, 0.3) is 27.7 Å². The van der Waals surface area contributed by atoms with Gasteiger partial charge in [-0.2, -0.15) is 5.10 Å². The summed E-state index contributed by atoms with van der Waals surface area (Å²) in [6, 6.07) is 15.3. The number of aromatic nitrogens is 2. The number of carbonyl (C=O) groups is 1. The number of primary amides is 1. The molecule has 0 spiro atoms. The minimum absolute atomic E-state index is 0.419. The maximum absolute atomic E-state index is 13.3. The topological polar surface area (TPSA) is 81.1 Å². The first-order valence-corrected chi connectivity index (χ1v) is 8.31. The summed E-state index contributed by atoms with van der Waals surface area (Å²) in [6.07, 6.45) is 1.71. The van der Waals surface area contributed by atoms with Gasteiger partial charge in [-0.1, -0.05) is 12.1 Å². The van der Waals surface area contributed by atoms with Crippen molar-refractivity contribution in [2.75, 3.05) is 0 Å². The van der Waals surface area contributed by atoms with Crippen molar-refractivity contribution in [2.24, 2.45) is 5.73 Å². The Morgan fingerprint density at radius 2 is 1.93 bits per heavy atom. The highest BCUT2D eigenvalue weighted by Crippen LogP contribution is 2.29. The monoisotopic (exact) mass is 361 g/mol. The maximum atomic E-state index is 13.3.